The number of hydrogen-bond acceptors (Lipinski definition) is 5. The minimum absolute atomic E-state index is 0.0656. The van der Waals surface area contributed by atoms with Gasteiger partial charge in [-0.05, 0) is 42.0 Å². The minimum Gasteiger partial charge on any atom is -0.484 e. The molecule has 2 aromatic rings. The van der Waals surface area contributed by atoms with Gasteiger partial charge in [-0.3, -0.25) is 4.79 Å². The summed E-state index contributed by atoms with van der Waals surface area (Å²) in [4.78, 5) is 27.3. The Labute approximate surface area is 153 Å². The number of likely N-dealkylation sites (N-methyl/N-ethyl adjacent to an activating group) is 1. The van der Waals surface area contributed by atoms with E-state index in [0.717, 1.165) is 11.3 Å². The number of nitrogens with zero attached hydrogens (tertiary/aromatic N) is 2. The average molecular weight is 356 g/mol. The van der Waals surface area contributed by atoms with Crippen molar-refractivity contribution in [2.45, 2.75) is 6.54 Å². The smallest absolute Gasteiger partial charge is 0.337 e. The predicted molar refractivity (Wildman–Crippen MR) is 101 cm³/mol. The molecule has 0 saturated heterocycles. The van der Waals surface area contributed by atoms with E-state index in [2.05, 4.69) is 4.74 Å². The molecule has 26 heavy (non-hydrogen) atoms. The van der Waals surface area contributed by atoms with Gasteiger partial charge in [0.05, 0.1) is 12.7 Å². The standard InChI is InChI=1S/C20H24N2O4/c1-21(2)17-9-5-15(6-10-17)13-22(3)19(23)14-26-18-11-7-16(8-12-18)20(24)25-4/h5-12H,13-14H2,1-4H3. The van der Waals surface area contributed by atoms with Crippen LogP contribution in [0, 0.1) is 0 Å². The molecule has 0 atom stereocenters. The summed E-state index contributed by atoms with van der Waals surface area (Å²) in [6, 6.07) is 14.5. The second-order valence-corrected chi connectivity index (χ2v) is 6.12. The first-order valence-corrected chi connectivity index (χ1v) is 8.22. The van der Waals surface area contributed by atoms with Crippen LogP contribution >= 0.6 is 0 Å². The zero-order valence-electron chi connectivity index (χ0n) is 15.6. The zero-order chi connectivity index (χ0) is 19.1. The maximum Gasteiger partial charge on any atom is 0.337 e. The van der Waals surface area contributed by atoms with E-state index in [9.17, 15) is 9.59 Å². The summed E-state index contributed by atoms with van der Waals surface area (Å²) in [7, 11) is 7.04. The molecule has 0 heterocycles. The molecule has 0 aliphatic heterocycles. The third-order valence-corrected chi connectivity index (χ3v) is 3.94. The van der Waals surface area contributed by atoms with E-state index < -0.39 is 5.97 Å². The summed E-state index contributed by atoms with van der Waals surface area (Å²) in [6.07, 6.45) is 0. The molecule has 0 N–H and O–H groups in total. The van der Waals surface area contributed by atoms with Gasteiger partial charge in [0.15, 0.2) is 6.61 Å². The van der Waals surface area contributed by atoms with Gasteiger partial charge in [-0.2, -0.15) is 0 Å². The molecule has 0 radical (unpaired) electrons. The number of methoxy groups -OCH3 is 1. The minimum atomic E-state index is -0.410. The lowest BCUT2D eigenvalue weighted by molar-refractivity contribution is -0.132. The van der Waals surface area contributed by atoms with Crippen molar-refractivity contribution in [1.29, 1.82) is 0 Å². The molecule has 0 aliphatic carbocycles. The van der Waals surface area contributed by atoms with Crippen LogP contribution in [0.15, 0.2) is 48.5 Å². The number of anilines is 1. The molecular formula is C20H24N2O4. The molecule has 0 saturated carbocycles. The molecule has 138 valence electrons. The van der Waals surface area contributed by atoms with E-state index >= 15 is 0 Å². The number of esters is 1. The van der Waals surface area contributed by atoms with Gasteiger partial charge in [-0.25, -0.2) is 4.79 Å². The first-order chi connectivity index (χ1) is 12.4. The molecular weight excluding hydrogens is 332 g/mol. The van der Waals surface area contributed by atoms with Crippen LogP contribution in [-0.2, 0) is 16.1 Å². The first-order valence-electron chi connectivity index (χ1n) is 8.22. The third kappa shape index (κ3) is 5.24. The fourth-order valence-electron chi connectivity index (χ4n) is 2.32. The van der Waals surface area contributed by atoms with Crippen LogP contribution in [0.2, 0.25) is 0 Å². The Kier molecular flexibility index (Phi) is 6.60. The number of ether oxygens (including phenoxy) is 2. The Balaban J connectivity index is 1.85. The number of amides is 1. The van der Waals surface area contributed by atoms with Crippen molar-refractivity contribution < 1.29 is 19.1 Å². The van der Waals surface area contributed by atoms with Crippen LogP contribution in [0.25, 0.3) is 0 Å². The number of carbonyl (C=O) groups is 2. The molecule has 0 spiro atoms. The van der Waals surface area contributed by atoms with Crippen LogP contribution in [0.4, 0.5) is 5.69 Å². The Morgan fingerprint density at radius 3 is 2.08 bits per heavy atom. The Morgan fingerprint density at radius 2 is 1.54 bits per heavy atom. The van der Waals surface area contributed by atoms with Crippen LogP contribution in [0.5, 0.6) is 5.75 Å². The van der Waals surface area contributed by atoms with E-state index in [1.807, 2.05) is 43.3 Å². The van der Waals surface area contributed by atoms with Gasteiger partial charge in [0, 0.05) is 33.4 Å². The number of carbonyl (C=O) groups excluding carboxylic acids is 2. The van der Waals surface area contributed by atoms with Crippen molar-refractivity contribution in [2.75, 3.05) is 39.8 Å². The SMILES string of the molecule is COC(=O)c1ccc(OCC(=O)N(C)Cc2ccc(N(C)C)cc2)cc1. The molecule has 2 aromatic carbocycles. The normalized spacial score (nSPS) is 10.2. The highest BCUT2D eigenvalue weighted by atomic mass is 16.5. The van der Waals surface area contributed by atoms with Crippen LogP contribution in [0.3, 0.4) is 0 Å². The maximum absolute atomic E-state index is 12.2. The second-order valence-electron chi connectivity index (χ2n) is 6.12. The molecule has 0 fully saturated rings. The van der Waals surface area contributed by atoms with Gasteiger partial charge >= 0.3 is 5.97 Å². The van der Waals surface area contributed by atoms with E-state index in [0.29, 0.717) is 17.9 Å². The van der Waals surface area contributed by atoms with Gasteiger partial charge in [0.25, 0.3) is 5.91 Å². The molecule has 0 bridgehead atoms. The Bertz CT molecular complexity index is 739. The highest BCUT2D eigenvalue weighted by Crippen LogP contribution is 2.15. The van der Waals surface area contributed by atoms with Crippen molar-refractivity contribution >= 4 is 17.6 Å². The fraction of sp³-hybridized carbons (Fsp3) is 0.300. The number of benzene rings is 2. The number of hydrogen-bond donors (Lipinski definition) is 0. The van der Waals surface area contributed by atoms with Crippen molar-refractivity contribution in [3.8, 4) is 5.75 Å². The summed E-state index contributed by atoms with van der Waals surface area (Å²) in [5.41, 5.74) is 2.60. The maximum atomic E-state index is 12.2. The molecule has 1 amide bonds. The first kappa shape index (κ1) is 19.3. The summed E-state index contributed by atoms with van der Waals surface area (Å²) >= 11 is 0. The summed E-state index contributed by atoms with van der Waals surface area (Å²) in [5.74, 6) is -0.0129. The van der Waals surface area contributed by atoms with E-state index in [1.165, 1.54) is 7.11 Å². The molecule has 6 nitrogen and oxygen atoms in total. The van der Waals surface area contributed by atoms with E-state index in [-0.39, 0.29) is 12.5 Å². The fourth-order valence-corrected chi connectivity index (χ4v) is 2.32. The van der Waals surface area contributed by atoms with Crippen LogP contribution < -0.4 is 9.64 Å². The molecule has 0 aromatic heterocycles. The second kappa shape index (κ2) is 8.89. The average Bonchev–Trinajstić information content (AvgIpc) is 2.66. The van der Waals surface area contributed by atoms with Gasteiger partial charge in [-0.15, -0.1) is 0 Å². The monoisotopic (exact) mass is 356 g/mol. The van der Waals surface area contributed by atoms with Gasteiger partial charge in [0.2, 0.25) is 0 Å². The highest BCUT2D eigenvalue weighted by molar-refractivity contribution is 5.89. The quantitative estimate of drug-likeness (QED) is 0.714. The van der Waals surface area contributed by atoms with Crippen molar-refractivity contribution in [1.82, 2.24) is 4.90 Å². The lowest BCUT2D eigenvalue weighted by Gasteiger charge is -2.18. The Hall–Kier alpha value is -3.02. The number of rotatable bonds is 7. The topological polar surface area (TPSA) is 59.1 Å². The molecule has 0 unspecified atom stereocenters. The lowest BCUT2D eigenvalue weighted by Crippen LogP contribution is -2.30. The highest BCUT2D eigenvalue weighted by Gasteiger charge is 2.11. The van der Waals surface area contributed by atoms with Gasteiger partial charge in [-0.1, -0.05) is 12.1 Å². The third-order valence-electron chi connectivity index (χ3n) is 3.94. The Morgan fingerprint density at radius 1 is 0.923 bits per heavy atom. The molecule has 6 heteroatoms. The zero-order valence-corrected chi connectivity index (χ0v) is 15.6. The lowest BCUT2D eigenvalue weighted by atomic mass is 10.2. The van der Waals surface area contributed by atoms with Crippen molar-refractivity contribution in [3.05, 3.63) is 59.7 Å². The van der Waals surface area contributed by atoms with E-state index in [4.69, 9.17) is 4.74 Å². The van der Waals surface area contributed by atoms with Gasteiger partial charge in [0.1, 0.15) is 5.75 Å². The van der Waals surface area contributed by atoms with Crippen molar-refractivity contribution in [3.63, 3.8) is 0 Å². The summed E-state index contributed by atoms with van der Waals surface area (Å²) in [5, 5.41) is 0. The predicted octanol–water partition coefficient (Wildman–Crippen LogP) is 2.58. The molecule has 2 rings (SSSR count). The summed E-state index contributed by atoms with van der Waals surface area (Å²) in [6.45, 7) is 0.445. The van der Waals surface area contributed by atoms with E-state index in [1.54, 1.807) is 36.2 Å². The molecule has 0 aliphatic rings. The largest absolute Gasteiger partial charge is 0.484 e. The van der Waals surface area contributed by atoms with Crippen molar-refractivity contribution in [2.24, 2.45) is 0 Å². The van der Waals surface area contributed by atoms with Gasteiger partial charge < -0.3 is 19.3 Å². The van der Waals surface area contributed by atoms with Crippen LogP contribution in [-0.4, -0.2) is 51.6 Å². The van der Waals surface area contributed by atoms with Crippen LogP contribution in [0.1, 0.15) is 15.9 Å². The summed E-state index contributed by atoms with van der Waals surface area (Å²) < 4.78 is 10.1.